The zero-order chi connectivity index (χ0) is 19.4. The second kappa shape index (κ2) is 8.04. The summed E-state index contributed by atoms with van der Waals surface area (Å²) in [5.41, 5.74) is 4.32. The second-order valence-corrected chi connectivity index (χ2v) is 6.56. The Morgan fingerprint density at radius 3 is 2.26 bits per heavy atom. The predicted octanol–water partition coefficient (Wildman–Crippen LogP) is 4.90. The summed E-state index contributed by atoms with van der Waals surface area (Å²) in [5.74, 6) is 0.763. The van der Waals surface area contributed by atoms with Gasteiger partial charge in [0, 0.05) is 12.6 Å². The molecule has 4 heteroatoms. The Labute approximate surface area is 160 Å². The van der Waals surface area contributed by atoms with Crippen LogP contribution in [-0.2, 0) is 0 Å². The van der Waals surface area contributed by atoms with Gasteiger partial charge in [-0.3, -0.25) is 9.78 Å². The van der Waals surface area contributed by atoms with Crippen molar-refractivity contribution in [3.05, 3.63) is 83.6 Å². The van der Waals surface area contributed by atoms with E-state index in [0.717, 1.165) is 28.3 Å². The largest absolute Gasteiger partial charge is 0.497 e. The lowest BCUT2D eigenvalue weighted by Crippen LogP contribution is -2.30. The van der Waals surface area contributed by atoms with E-state index in [1.807, 2.05) is 87.6 Å². The number of nitrogens with zero attached hydrogens (tertiary/aromatic N) is 2. The molecule has 1 amide bonds. The zero-order valence-corrected chi connectivity index (χ0v) is 16.1. The van der Waals surface area contributed by atoms with Gasteiger partial charge in [0.05, 0.1) is 30.1 Å². The van der Waals surface area contributed by atoms with Crippen molar-refractivity contribution in [3.8, 4) is 17.0 Å². The first-order valence-corrected chi connectivity index (χ1v) is 8.95. The lowest BCUT2D eigenvalue weighted by atomic mass is 10.0. The van der Waals surface area contributed by atoms with Gasteiger partial charge in [-0.1, -0.05) is 42.5 Å². The van der Waals surface area contributed by atoms with Gasteiger partial charge in [0.25, 0.3) is 5.91 Å². The van der Waals surface area contributed by atoms with Gasteiger partial charge in [-0.25, -0.2) is 0 Å². The van der Waals surface area contributed by atoms with Crippen LogP contribution in [0.1, 0.15) is 34.6 Å². The summed E-state index contributed by atoms with van der Waals surface area (Å²) in [4.78, 5) is 19.4. The molecule has 0 fully saturated rings. The molecule has 138 valence electrons. The average Bonchev–Trinajstić information content (AvgIpc) is 2.72. The van der Waals surface area contributed by atoms with E-state index in [2.05, 4.69) is 4.98 Å². The fraction of sp³-hybridized carbons (Fsp3) is 0.217. The minimum atomic E-state index is -0.0587. The smallest absolute Gasteiger partial charge is 0.255 e. The van der Waals surface area contributed by atoms with Crippen LogP contribution in [0.3, 0.4) is 0 Å². The van der Waals surface area contributed by atoms with Crippen LogP contribution in [0.2, 0.25) is 0 Å². The van der Waals surface area contributed by atoms with Crippen LogP contribution < -0.4 is 4.74 Å². The van der Waals surface area contributed by atoms with Gasteiger partial charge < -0.3 is 9.64 Å². The molecule has 0 aliphatic rings. The maximum Gasteiger partial charge on any atom is 0.255 e. The minimum Gasteiger partial charge on any atom is -0.497 e. The van der Waals surface area contributed by atoms with Crippen LogP contribution in [0.5, 0.6) is 5.75 Å². The number of methoxy groups -OCH3 is 1. The number of rotatable bonds is 5. The van der Waals surface area contributed by atoms with E-state index < -0.39 is 0 Å². The number of aryl methyl sites for hydroxylation is 1. The monoisotopic (exact) mass is 360 g/mol. The molecule has 0 saturated carbocycles. The fourth-order valence-corrected chi connectivity index (χ4v) is 3.03. The van der Waals surface area contributed by atoms with Gasteiger partial charge >= 0.3 is 0 Å². The molecule has 0 spiro atoms. The topological polar surface area (TPSA) is 42.4 Å². The Kier molecular flexibility index (Phi) is 5.55. The molecule has 1 atom stereocenters. The normalized spacial score (nSPS) is 11.7. The molecule has 3 rings (SSSR count). The Hall–Kier alpha value is -3.14. The zero-order valence-electron chi connectivity index (χ0n) is 16.1. The van der Waals surface area contributed by atoms with E-state index in [0.29, 0.717) is 5.56 Å². The predicted molar refractivity (Wildman–Crippen MR) is 108 cm³/mol. The first-order chi connectivity index (χ1) is 13.0. The molecular weight excluding hydrogens is 336 g/mol. The van der Waals surface area contributed by atoms with Gasteiger partial charge in [0.1, 0.15) is 5.75 Å². The van der Waals surface area contributed by atoms with Crippen molar-refractivity contribution in [1.29, 1.82) is 0 Å². The van der Waals surface area contributed by atoms with Crippen molar-refractivity contribution in [3.63, 3.8) is 0 Å². The van der Waals surface area contributed by atoms with Gasteiger partial charge in [-0.05, 0) is 43.7 Å². The van der Waals surface area contributed by atoms with Crippen molar-refractivity contribution in [2.45, 2.75) is 19.9 Å². The number of hydrogen-bond donors (Lipinski definition) is 0. The fourth-order valence-electron chi connectivity index (χ4n) is 3.03. The summed E-state index contributed by atoms with van der Waals surface area (Å²) in [5, 5.41) is 0. The average molecular weight is 360 g/mol. The third-order valence-electron chi connectivity index (χ3n) is 4.89. The summed E-state index contributed by atoms with van der Waals surface area (Å²) in [6, 6.07) is 21.5. The maximum atomic E-state index is 13.0. The van der Waals surface area contributed by atoms with Crippen molar-refractivity contribution >= 4 is 5.91 Å². The van der Waals surface area contributed by atoms with Gasteiger partial charge in [-0.15, -0.1) is 0 Å². The highest BCUT2D eigenvalue weighted by Crippen LogP contribution is 2.25. The highest BCUT2D eigenvalue weighted by atomic mass is 16.5. The molecule has 0 radical (unpaired) electrons. The molecule has 4 nitrogen and oxygen atoms in total. The number of carbonyl (C=O) groups is 1. The molecule has 27 heavy (non-hydrogen) atoms. The molecule has 1 heterocycles. The first-order valence-electron chi connectivity index (χ1n) is 8.95. The Bertz CT molecular complexity index is 921. The van der Waals surface area contributed by atoms with E-state index in [1.165, 1.54) is 0 Å². The first kappa shape index (κ1) is 18.6. The lowest BCUT2D eigenvalue weighted by molar-refractivity contribution is 0.0741. The lowest BCUT2D eigenvalue weighted by Gasteiger charge is -2.26. The van der Waals surface area contributed by atoms with E-state index in [4.69, 9.17) is 4.74 Å². The molecule has 0 aliphatic carbocycles. The van der Waals surface area contributed by atoms with E-state index in [1.54, 1.807) is 12.0 Å². The summed E-state index contributed by atoms with van der Waals surface area (Å²) in [7, 11) is 3.46. The molecule has 2 aromatic carbocycles. The highest BCUT2D eigenvalue weighted by Gasteiger charge is 2.21. The van der Waals surface area contributed by atoms with Crippen LogP contribution in [0.4, 0.5) is 0 Å². The molecule has 0 bridgehead atoms. The third-order valence-corrected chi connectivity index (χ3v) is 4.89. The summed E-state index contributed by atoms with van der Waals surface area (Å²) >= 11 is 0. The van der Waals surface area contributed by atoms with Gasteiger partial charge in [-0.2, -0.15) is 0 Å². The van der Waals surface area contributed by atoms with Crippen molar-refractivity contribution < 1.29 is 9.53 Å². The Balaban J connectivity index is 1.81. The van der Waals surface area contributed by atoms with E-state index >= 15 is 0 Å². The van der Waals surface area contributed by atoms with Crippen LogP contribution in [0.15, 0.2) is 66.7 Å². The maximum absolute atomic E-state index is 13.0. The number of aromatic nitrogens is 1. The molecule has 0 saturated heterocycles. The molecule has 1 unspecified atom stereocenters. The molecule has 3 aromatic rings. The van der Waals surface area contributed by atoms with E-state index in [9.17, 15) is 4.79 Å². The summed E-state index contributed by atoms with van der Waals surface area (Å²) < 4.78 is 5.20. The van der Waals surface area contributed by atoms with Crippen LogP contribution in [-0.4, -0.2) is 29.9 Å². The second-order valence-electron chi connectivity index (χ2n) is 6.56. The highest BCUT2D eigenvalue weighted by molar-refractivity contribution is 5.95. The van der Waals surface area contributed by atoms with Gasteiger partial charge in [0.2, 0.25) is 0 Å². The third kappa shape index (κ3) is 4.00. The standard InChI is InChI=1S/C23H24N2O2/c1-16-21(14-15-22(24-16)19-8-6-5-7-9-19)23(26)25(3)17(2)18-10-12-20(27-4)13-11-18/h5-15,17H,1-4H3. The number of amides is 1. The van der Waals surface area contributed by atoms with Crippen LogP contribution in [0, 0.1) is 6.92 Å². The molecule has 0 N–H and O–H groups in total. The molecular formula is C23H24N2O2. The summed E-state index contributed by atoms with van der Waals surface area (Å²) in [6.45, 7) is 3.90. The number of carbonyl (C=O) groups excluding carboxylic acids is 1. The van der Waals surface area contributed by atoms with Crippen LogP contribution in [0.25, 0.3) is 11.3 Å². The van der Waals surface area contributed by atoms with Crippen molar-refractivity contribution in [2.24, 2.45) is 0 Å². The molecule has 1 aromatic heterocycles. The van der Waals surface area contributed by atoms with Crippen molar-refractivity contribution in [2.75, 3.05) is 14.2 Å². The number of benzene rings is 2. The quantitative estimate of drug-likeness (QED) is 0.650. The van der Waals surface area contributed by atoms with Gasteiger partial charge in [0.15, 0.2) is 0 Å². The number of hydrogen-bond acceptors (Lipinski definition) is 3. The Morgan fingerprint density at radius 2 is 1.67 bits per heavy atom. The van der Waals surface area contributed by atoms with Crippen molar-refractivity contribution in [1.82, 2.24) is 9.88 Å². The molecule has 0 aliphatic heterocycles. The summed E-state index contributed by atoms with van der Waals surface area (Å²) in [6.07, 6.45) is 0. The SMILES string of the molecule is COc1ccc(C(C)N(C)C(=O)c2ccc(-c3ccccc3)nc2C)cc1. The number of ether oxygens (including phenoxy) is 1. The number of pyridine rings is 1. The Morgan fingerprint density at radius 1 is 1.00 bits per heavy atom. The van der Waals surface area contributed by atoms with E-state index in [-0.39, 0.29) is 11.9 Å². The van der Waals surface area contributed by atoms with Crippen LogP contribution >= 0.6 is 0 Å². The minimum absolute atomic E-state index is 0.0390.